The molecule has 0 aromatic rings. The molecule has 1 fully saturated rings. The lowest BCUT2D eigenvalue weighted by atomic mass is 9.66. The Morgan fingerprint density at radius 3 is 2.27 bits per heavy atom. The molecule has 1 aliphatic rings. The van der Waals surface area contributed by atoms with Gasteiger partial charge in [-0.3, -0.25) is 0 Å². The van der Waals surface area contributed by atoms with E-state index in [-0.39, 0.29) is 0 Å². The SMILES string of the molecule is CC(C)NCC1CCCCC1C(C)(C)C. The molecule has 1 nitrogen and oxygen atoms in total. The van der Waals surface area contributed by atoms with Crippen molar-refractivity contribution in [2.24, 2.45) is 17.3 Å². The summed E-state index contributed by atoms with van der Waals surface area (Å²) in [7, 11) is 0. The van der Waals surface area contributed by atoms with Crippen molar-refractivity contribution in [3.63, 3.8) is 0 Å². The van der Waals surface area contributed by atoms with Gasteiger partial charge in [0.2, 0.25) is 0 Å². The summed E-state index contributed by atoms with van der Waals surface area (Å²) in [6.45, 7) is 12.9. The van der Waals surface area contributed by atoms with Gasteiger partial charge in [0.05, 0.1) is 0 Å². The van der Waals surface area contributed by atoms with E-state index < -0.39 is 0 Å². The molecule has 0 aromatic heterocycles. The van der Waals surface area contributed by atoms with Gasteiger partial charge in [-0.1, -0.05) is 47.5 Å². The van der Waals surface area contributed by atoms with E-state index in [4.69, 9.17) is 0 Å². The van der Waals surface area contributed by atoms with Crippen molar-refractivity contribution in [3.8, 4) is 0 Å². The minimum Gasteiger partial charge on any atom is -0.314 e. The molecule has 1 rings (SSSR count). The highest BCUT2D eigenvalue weighted by Crippen LogP contribution is 2.41. The number of nitrogens with one attached hydrogen (secondary N) is 1. The molecule has 0 heterocycles. The minimum atomic E-state index is 0.490. The van der Waals surface area contributed by atoms with E-state index in [1.807, 2.05) is 0 Å². The summed E-state index contributed by atoms with van der Waals surface area (Å²) in [5.41, 5.74) is 0.490. The number of hydrogen-bond acceptors (Lipinski definition) is 1. The summed E-state index contributed by atoms with van der Waals surface area (Å²) in [6.07, 6.45) is 5.76. The van der Waals surface area contributed by atoms with Crippen LogP contribution >= 0.6 is 0 Å². The van der Waals surface area contributed by atoms with E-state index in [0.29, 0.717) is 11.5 Å². The molecule has 2 unspecified atom stereocenters. The maximum absolute atomic E-state index is 3.62. The molecule has 0 bridgehead atoms. The zero-order valence-corrected chi connectivity index (χ0v) is 11.3. The average Bonchev–Trinajstić information content (AvgIpc) is 2.13. The fourth-order valence-electron chi connectivity index (χ4n) is 2.98. The topological polar surface area (TPSA) is 12.0 Å². The molecule has 1 aliphatic carbocycles. The Labute approximate surface area is 96.0 Å². The highest BCUT2D eigenvalue weighted by molar-refractivity contribution is 4.85. The lowest BCUT2D eigenvalue weighted by molar-refractivity contribution is 0.105. The predicted molar refractivity (Wildman–Crippen MR) is 68.0 cm³/mol. The third kappa shape index (κ3) is 4.14. The van der Waals surface area contributed by atoms with Crippen LogP contribution in [-0.4, -0.2) is 12.6 Å². The Hall–Kier alpha value is -0.0400. The van der Waals surface area contributed by atoms with Gasteiger partial charge in [-0.15, -0.1) is 0 Å². The first kappa shape index (κ1) is 13.0. The van der Waals surface area contributed by atoms with Crippen LogP contribution in [0, 0.1) is 17.3 Å². The van der Waals surface area contributed by atoms with Crippen LogP contribution < -0.4 is 5.32 Å². The maximum atomic E-state index is 3.62. The van der Waals surface area contributed by atoms with Gasteiger partial charge in [0.25, 0.3) is 0 Å². The molecule has 0 aromatic carbocycles. The summed E-state index contributed by atoms with van der Waals surface area (Å²) in [4.78, 5) is 0. The van der Waals surface area contributed by atoms with Crippen LogP contribution in [-0.2, 0) is 0 Å². The van der Waals surface area contributed by atoms with Gasteiger partial charge in [-0.05, 0) is 36.6 Å². The van der Waals surface area contributed by atoms with E-state index in [9.17, 15) is 0 Å². The van der Waals surface area contributed by atoms with E-state index in [2.05, 4.69) is 39.9 Å². The zero-order valence-electron chi connectivity index (χ0n) is 11.3. The monoisotopic (exact) mass is 211 g/mol. The molecule has 0 spiro atoms. The van der Waals surface area contributed by atoms with Crippen LogP contribution in [0.4, 0.5) is 0 Å². The maximum Gasteiger partial charge on any atom is 0.00104 e. The first-order chi connectivity index (χ1) is 6.91. The molecule has 1 N–H and O–H groups in total. The summed E-state index contributed by atoms with van der Waals surface area (Å²) >= 11 is 0. The first-order valence-electron chi connectivity index (χ1n) is 6.64. The predicted octanol–water partition coefficient (Wildman–Crippen LogP) is 3.84. The summed E-state index contributed by atoms with van der Waals surface area (Å²) in [5, 5.41) is 3.62. The highest BCUT2D eigenvalue weighted by Gasteiger charge is 2.33. The minimum absolute atomic E-state index is 0.490. The molecule has 0 saturated heterocycles. The van der Waals surface area contributed by atoms with Crippen molar-refractivity contribution in [1.29, 1.82) is 0 Å². The number of hydrogen-bond donors (Lipinski definition) is 1. The van der Waals surface area contributed by atoms with Crippen LogP contribution in [0.15, 0.2) is 0 Å². The van der Waals surface area contributed by atoms with Gasteiger partial charge in [-0.2, -0.15) is 0 Å². The van der Waals surface area contributed by atoms with Crippen molar-refractivity contribution >= 4 is 0 Å². The van der Waals surface area contributed by atoms with Gasteiger partial charge in [0, 0.05) is 6.04 Å². The number of rotatable bonds is 3. The third-order valence-electron chi connectivity index (χ3n) is 3.81. The Bertz CT molecular complexity index is 178. The average molecular weight is 211 g/mol. The van der Waals surface area contributed by atoms with Crippen LogP contribution in [0.5, 0.6) is 0 Å². The van der Waals surface area contributed by atoms with E-state index in [1.165, 1.54) is 32.2 Å². The van der Waals surface area contributed by atoms with Crippen molar-refractivity contribution < 1.29 is 0 Å². The second-order valence-corrected chi connectivity index (χ2v) is 6.58. The highest BCUT2D eigenvalue weighted by atomic mass is 14.9. The van der Waals surface area contributed by atoms with Gasteiger partial charge < -0.3 is 5.32 Å². The van der Waals surface area contributed by atoms with Gasteiger partial charge in [-0.25, -0.2) is 0 Å². The van der Waals surface area contributed by atoms with Crippen LogP contribution in [0.3, 0.4) is 0 Å². The van der Waals surface area contributed by atoms with Gasteiger partial charge in [0.15, 0.2) is 0 Å². The standard InChI is InChI=1S/C14H29N/c1-11(2)15-10-12-8-6-7-9-13(12)14(3,4)5/h11-13,15H,6-10H2,1-5H3. The van der Waals surface area contributed by atoms with E-state index in [1.54, 1.807) is 0 Å². The van der Waals surface area contributed by atoms with Crippen LogP contribution in [0.25, 0.3) is 0 Å². The molecule has 2 atom stereocenters. The zero-order chi connectivity index (χ0) is 11.5. The van der Waals surface area contributed by atoms with E-state index >= 15 is 0 Å². The van der Waals surface area contributed by atoms with E-state index in [0.717, 1.165) is 11.8 Å². The van der Waals surface area contributed by atoms with Crippen molar-refractivity contribution in [3.05, 3.63) is 0 Å². The van der Waals surface area contributed by atoms with Crippen LogP contribution in [0.1, 0.15) is 60.3 Å². The van der Waals surface area contributed by atoms with Crippen LogP contribution in [0.2, 0.25) is 0 Å². The molecule has 0 amide bonds. The fraction of sp³-hybridized carbons (Fsp3) is 1.00. The molecule has 0 radical (unpaired) electrons. The molecule has 1 saturated carbocycles. The van der Waals surface area contributed by atoms with Crippen molar-refractivity contribution in [2.45, 2.75) is 66.3 Å². The molecule has 90 valence electrons. The largest absolute Gasteiger partial charge is 0.314 e. The second kappa shape index (κ2) is 5.34. The molecular weight excluding hydrogens is 182 g/mol. The Balaban J connectivity index is 2.50. The van der Waals surface area contributed by atoms with Gasteiger partial charge >= 0.3 is 0 Å². The summed E-state index contributed by atoms with van der Waals surface area (Å²) in [5.74, 6) is 1.82. The third-order valence-corrected chi connectivity index (χ3v) is 3.81. The summed E-state index contributed by atoms with van der Waals surface area (Å²) in [6, 6.07) is 0.632. The summed E-state index contributed by atoms with van der Waals surface area (Å²) < 4.78 is 0. The quantitative estimate of drug-likeness (QED) is 0.748. The normalized spacial score (nSPS) is 28.4. The molecular formula is C14H29N. The Kier molecular flexibility index (Phi) is 4.64. The molecule has 0 aliphatic heterocycles. The Morgan fingerprint density at radius 2 is 1.73 bits per heavy atom. The van der Waals surface area contributed by atoms with Crippen molar-refractivity contribution in [1.82, 2.24) is 5.32 Å². The first-order valence-corrected chi connectivity index (χ1v) is 6.64. The van der Waals surface area contributed by atoms with Gasteiger partial charge in [0.1, 0.15) is 0 Å². The Morgan fingerprint density at radius 1 is 1.13 bits per heavy atom. The smallest absolute Gasteiger partial charge is 0.00104 e. The lowest BCUT2D eigenvalue weighted by Gasteiger charge is -2.41. The molecule has 1 heteroatoms. The second-order valence-electron chi connectivity index (χ2n) is 6.58. The fourth-order valence-corrected chi connectivity index (χ4v) is 2.98. The lowest BCUT2D eigenvalue weighted by Crippen LogP contribution is -2.39. The molecule has 15 heavy (non-hydrogen) atoms. The van der Waals surface area contributed by atoms with Crippen molar-refractivity contribution in [2.75, 3.05) is 6.54 Å².